The quantitative estimate of drug-likeness (QED) is 0.601. The third-order valence-corrected chi connectivity index (χ3v) is 3.86. The van der Waals surface area contributed by atoms with Crippen molar-refractivity contribution in [3.8, 4) is 5.75 Å². The SMILES string of the molecule is ClCCN(CCCl)c1ccc(OCc2ccccc2)c(Cl)c1. The molecule has 0 unspecified atom stereocenters. The van der Waals surface area contributed by atoms with E-state index < -0.39 is 0 Å². The number of hydrogen-bond acceptors (Lipinski definition) is 2. The summed E-state index contributed by atoms with van der Waals surface area (Å²) in [6.45, 7) is 1.95. The van der Waals surface area contributed by atoms with Gasteiger partial charge in [-0.15, -0.1) is 23.2 Å². The Balaban J connectivity index is 2.05. The van der Waals surface area contributed by atoms with Crippen LogP contribution in [0, 0.1) is 0 Å². The summed E-state index contributed by atoms with van der Waals surface area (Å²) in [5.41, 5.74) is 2.10. The molecule has 0 N–H and O–H groups in total. The Kier molecular flexibility index (Phi) is 7.17. The lowest BCUT2D eigenvalue weighted by Crippen LogP contribution is -2.27. The summed E-state index contributed by atoms with van der Waals surface area (Å²) in [7, 11) is 0. The van der Waals surface area contributed by atoms with Gasteiger partial charge in [0.05, 0.1) is 5.02 Å². The molecule has 2 nitrogen and oxygen atoms in total. The third kappa shape index (κ3) is 4.98. The van der Waals surface area contributed by atoms with E-state index in [1.54, 1.807) is 0 Å². The highest BCUT2D eigenvalue weighted by molar-refractivity contribution is 6.32. The number of halogens is 3. The van der Waals surface area contributed by atoms with Gasteiger partial charge in [-0.2, -0.15) is 0 Å². The molecule has 0 bridgehead atoms. The second kappa shape index (κ2) is 9.14. The van der Waals surface area contributed by atoms with Crippen molar-refractivity contribution in [3.05, 3.63) is 59.1 Å². The van der Waals surface area contributed by atoms with E-state index in [0.717, 1.165) is 24.3 Å². The van der Waals surface area contributed by atoms with Crippen molar-refractivity contribution >= 4 is 40.5 Å². The topological polar surface area (TPSA) is 12.5 Å². The smallest absolute Gasteiger partial charge is 0.138 e. The van der Waals surface area contributed by atoms with Crippen molar-refractivity contribution in [3.63, 3.8) is 0 Å². The molecular weight excluding hydrogens is 341 g/mol. The van der Waals surface area contributed by atoms with Crippen LogP contribution in [0.1, 0.15) is 5.56 Å². The second-order valence-corrected chi connectivity index (χ2v) is 5.92. The molecule has 0 atom stereocenters. The van der Waals surface area contributed by atoms with Gasteiger partial charge in [0.15, 0.2) is 0 Å². The van der Waals surface area contributed by atoms with Gasteiger partial charge >= 0.3 is 0 Å². The number of alkyl halides is 2. The van der Waals surface area contributed by atoms with E-state index >= 15 is 0 Å². The lowest BCUT2D eigenvalue weighted by atomic mass is 10.2. The zero-order chi connectivity index (χ0) is 15.8. The maximum atomic E-state index is 6.32. The molecule has 0 radical (unpaired) electrons. The number of benzene rings is 2. The molecule has 2 aromatic carbocycles. The van der Waals surface area contributed by atoms with E-state index in [4.69, 9.17) is 39.5 Å². The third-order valence-electron chi connectivity index (χ3n) is 3.23. The highest BCUT2D eigenvalue weighted by Gasteiger charge is 2.09. The van der Waals surface area contributed by atoms with Gasteiger partial charge in [0.25, 0.3) is 0 Å². The van der Waals surface area contributed by atoms with Crippen LogP contribution in [-0.2, 0) is 6.61 Å². The number of hydrogen-bond donors (Lipinski definition) is 0. The van der Waals surface area contributed by atoms with E-state index in [9.17, 15) is 0 Å². The Bertz CT molecular complexity index is 571. The molecule has 0 aromatic heterocycles. The molecule has 2 rings (SSSR count). The minimum Gasteiger partial charge on any atom is -0.487 e. The minimum absolute atomic E-state index is 0.493. The Labute approximate surface area is 146 Å². The van der Waals surface area contributed by atoms with Gasteiger partial charge in [0, 0.05) is 30.5 Å². The number of ether oxygens (including phenoxy) is 1. The maximum absolute atomic E-state index is 6.32. The molecule has 2 aromatic rings. The zero-order valence-corrected chi connectivity index (χ0v) is 14.4. The Morgan fingerprint density at radius 3 is 2.18 bits per heavy atom. The fourth-order valence-electron chi connectivity index (χ4n) is 2.11. The van der Waals surface area contributed by atoms with Crippen molar-refractivity contribution in [1.82, 2.24) is 0 Å². The van der Waals surface area contributed by atoms with Crippen molar-refractivity contribution in [2.45, 2.75) is 6.61 Å². The van der Waals surface area contributed by atoms with Gasteiger partial charge in [0.2, 0.25) is 0 Å². The summed E-state index contributed by atoms with van der Waals surface area (Å²) >= 11 is 18.0. The number of rotatable bonds is 8. The highest BCUT2D eigenvalue weighted by Crippen LogP contribution is 2.30. The minimum atomic E-state index is 0.493. The highest BCUT2D eigenvalue weighted by atomic mass is 35.5. The Morgan fingerprint density at radius 1 is 0.909 bits per heavy atom. The number of anilines is 1. The van der Waals surface area contributed by atoms with Crippen LogP contribution in [0.4, 0.5) is 5.69 Å². The summed E-state index contributed by atoms with van der Waals surface area (Å²) < 4.78 is 5.77. The van der Waals surface area contributed by atoms with Crippen LogP contribution >= 0.6 is 34.8 Å². The molecule has 0 amide bonds. The molecule has 5 heteroatoms. The number of nitrogens with zero attached hydrogens (tertiary/aromatic N) is 1. The molecule has 0 spiro atoms. The standard InChI is InChI=1S/C17H18Cl3NO/c18-8-10-21(11-9-19)15-6-7-17(16(20)12-15)22-13-14-4-2-1-3-5-14/h1-7,12H,8-11,13H2. The van der Waals surface area contributed by atoms with Crippen molar-refractivity contribution in [1.29, 1.82) is 0 Å². The van der Waals surface area contributed by atoms with E-state index in [0.29, 0.717) is 29.1 Å². The second-order valence-electron chi connectivity index (χ2n) is 4.75. The molecule has 0 aliphatic heterocycles. The fourth-order valence-corrected chi connectivity index (χ4v) is 2.75. The molecule has 0 aliphatic carbocycles. The summed E-state index contributed by atoms with van der Waals surface area (Å²) in [4.78, 5) is 2.10. The molecule has 0 saturated heterocycles. The van der Waals surface area contributed by atoms with Crippen molar-refractivity contribution in [2.75, 3.05) is 29.7 Å². The van der Waals surface area contributed by atoms with Gasteiger partial charge in [0.1, 0.15) is 12.4 Å². The van der Waals surface area contributed by atoms with Gasteiger partial charge < -0.3 is 9.64 Å². The van der Waals surface area contributed by atoms with E-state index in [1.165, 1.54) is 0 Å². The molecule has 0 fully saturated rings. The van der Waals surface area contributed by atoms with Crippen molar-refractivity contribution < 1.29 is 4.74 Å². The lowest BCUT2D eigenvalue weighted by molar-refractivity contribution is 0.306. The average Bonchev–Trinajstić information content (AvgIpc) is 2.54. The summed E-state index contributed by atoms with van der Waals surface area (Å²) in [6, 6.07) is 15.7. The lowest BCUT2D eigenvalue weighted by Gasteiger charge is -2.23. The Hall–Kier alpha value is -1.09. The van der Waals surface area contributed by atoms with Gasteiger partial charge in [-0.05, 0) is 23.8 Å². The van der Waals surface area contributed by atoms with Crippen LogP contribution in [0.5, 0.6) is 5.75 Å². The van der Waals surface area contributed by atoms with Gasteiger partial charge in [-0.1, -0.05) is 41.9 Å². The van der Waals surface area contributed by atoms with E-state index in [-0.39, 0.29) is 0 Å². The van der Waals surface area contributed by atoms with Gasteiger partial charge in [-0.3, -0.25) is 0 Å². The first-order valence-electron chi connectivity index (χ1n) is 7.07. The monoisotopic (exact) mass is 357 g/mol. The van der Waals surface area contributed by atoms with Crippen molar-refractivity contribution in [2.24, 2.45) is 0 Å². The van der Waals surface area contributed by atoms with Crippen LogP contribution in [0.3, 0.4) is 0 Å². The zero-order valence-electron chi connectivity index (χ0n) is 12.1. The first-order chi connectivity index (χ1) is 10.7. The maximum Gasteiger partial charge on any atom is 0.138 e. The fraction of sp³-hybridized carbons (Fsp3) is 0.294. The van der Waals surface area contributed by atoms with Crippen LogP contribution in [0.2, 0.25) is 5.02 Å². The molecule has 0 aliphatic rings. The van der Waals surface area contributed by atoms with Crippen LogP contribution in [0.25, 0.3) is 0 Å². The molecule has 118 valence electrons. The average molecular weight is 359 g/mol. The molecule has 22 heavy (non-hydrogen) atoms. The molecule has 0 heterocycles. The first kappa shape index (κ1) is 17.3. The molecule has 0 saturated carbocycles. The van der Waals surface area contributed by atoms with Gasteiger partial charge in [-0.25, -0.2) is 0 Å². The normalized spacial score (nSPS) is 10.5. The predicted molar refractivity (Wildman–Crippen MR) is 95.9 cm³/mol. The van der Waals surface area contributed by atoms with Crippen LogP contribution < -0.4 is 9.64 Å². The first-order valence-corrected chi connectivity index (χ1v) is 8.52. The largest absolute Gasteiger partial charge is 0.487 e. The van der Waals surface area contributed by atoms with Crippen LogP contribution in [0.15, 0.2) is 48.5 Å². The predicted octanol–water partition coefficient (Wildman–Crippen LogP) is 5.20. The van der Waals surface area contributed by atoms with E-state index in [2.05, 4.69) is 4.90 Å². The molecular formula is C17H18Cl3NO. The Morgan fingerprint density at radius 2 is 1.59 bits per heavy atom. The summed E-state index contributed by atoms with van der Waals surface area (Å²) in [6.07, 6.45) is 0. The summed E-state index contributed by atoms with van der Waals surface area (Å²) in [5.74, 6) is 1.76. The van der Waals surface area contributed by atoms with Crippen LogP contribution in [-0.4, -0.2) is 24.8 Å². The summed E-state index contributed by atoms with van der Waals surface area (Å²) in [5, 5.41) is 0.586. The van der Waals surface area contributed by atoms with E-state index in [1.807, 2.05) is 48.5 Å².